The van der Waals surface area contributed by atoms with Gasteiger partial charge in [-0.2, -0.15) is 0 Å². The standard InChI is InChI=1S/C9H10ClF2NO3/c10-7-2-1-6(16-7)9(15)13(3-4-14)5-8(11)12/h1-2,8,14H,3-5H2. The zero-order valence-corrected chi connectivity index (χ0v) is 8.95. The van der Waals surface area contributed by atoms with Crippen LogP contribution in [0.1, 0.15) is 10.6 Å². The number of aliphatic hydroxyl groups is 1. The van der Waals surface area contributed by atoms with Crippen molar-refractivity contribution < 1.29 is 23.1 Å². The van der Waals surface area contributed by atoms with Gasteiger partial charge in [-0.1, -0.05) is 0 Å². The zero-order chi connectivity index (χ0) is 12.1. The first-order chi connectivity index (χ1) is 7.54. The Morgan fingerprint density at radius 3 is 2.69 bits per heavy atom. The van der Waals surface area contributed by atoms with E-state index in [0.717, 1.165) is 4.90 Å². The van der Waals surface area contributed by atoms with Crippen molar-refractivity contribution in [3.63, 3.8) is 0 Å². The molecule has 0 fully saturated rings. The molecule has 1 aromatic heterocycles. The van der Waals surface area contributed by atoms with Gasteiger partial charge in [0.1, 0.15) is 0 Å². The van der Waals surface area contributed by atoms with Gasteiger partial charge in [-0.25, -0.2) is 8.78 Å². The van der Waals surface area contributed by atoms with Crippen molar-refractivity contribution in [3.05, 3.63) is 23.1 Å². The van der Waals surface area contributed by atoms with E-state index < -0.39 is 25.5 Å². The number of amides is 1. The summed E-state index contributed by atoms with van der Waals surface area (Å²) in [6, 6.07) is 2.63. The number of nitrogens with zero attached hydrogens (tertiary/aromatic N) is 1. The van der Waals surface area contributed by atoms with Crippen molar-refractivity contribution in [1.82, 2.24) is 4.90 Å². The molecule has 0 saturated carbocycles. The fourth-order valence-corrected chi connectivity index (χ4v) is 1.29. The van der Waals surface area contributed by atoms with E-state index in [1.165, 1.54) is 12.1 Å². The monoisotopic (exact) mass is 253 g/mol. The topological polar surface area (TPSA) is 53.7 Å². The molecule has 4 nitrogen and oxygen atoms in total. The van der Waals surface area contributed by atoms with E-state index in [1.807, 2.05) is 0 Å². The molecule has 7 heteroatoms. The third-order valence-corrected chi connectivity index (χ3v) is 2.00. The van der Waals surface area contributed by atoms with E-state index in [2.05, 4.69) is 0 Å². The Kier molecular flexibility index (Phi) is 4.70. The smallest absolute Gasteiger partial charge is 0.289 e. The lowest BCUT2D eigenvalue weighted by molar-refractivity contribution is 0.0483. The number of hydrogen-bond acceptors (Lipinski definition) is 3. The van der Waals surface area contributed by atoms with Crippen LogP contribution in [0.25, 0.3) is 0 Å². The molecular weight excluding hydrogens is 244 g/mol. The summed E-state index contributed by atoms with van der Waals surface area (Å²) in [5.41, 5.74) is 0. The van der Waals surface area contributed by atoms with Crippen LogP contribution in [0.4, 0.5) is 8.78 Å². The second-order valence-electron chi connectivity index (χ2n) is 2.97. The Labute approximate surface area is 95.4 Å². The van der Waals surface area contributed by atoms with Gasteiger partial charge in [0.15, 0.2) is 11.0 Å². The molecule has 0 unspecified atom stereocenters. The largest absolute Gasteiger partial charge is 0.440 e. The molecule has 0 atom stereocenters. The van der Waals surface area contributed by atoms with Gasteiger partial charge < -0.3 is 14.4 Å². The first-order valence-corrected chi connectivity index (χ1v) is 4.86. The Morgan fingerprint density at radius 2 is 2.25 bits per heavy atom. The number of furan rings is 1. The number of alkyl halides is 2. The van der Waals surface area contributed by atoms with E-state index in [0.29, 0.717) is 0 Å². The molecule has 0 aliphatic heterocycles. The predicted octanol–water partition coefficient (Wildman–Crippen LogP) is 1.63. The van der Waals surface area contributed by atoms with E-state index in [-0.39, 0.29) is 17.5 Å². The van der Waals surface area contributed by atoms with E-state index in [1.54, 1.807) is 0 Å². The molecule has 0 aliphatic rings. The molecule has 1 N–H and O–H groups in total. The maximum absolute atomic E-state index is 12.2. The van der Waals surface area contributed by atoms with Crippen LogP contribution in [0.15, 0.2) is 16.5 Å². The summed E-state index contributed by atoms with van der Waals surface area (Å²) < 4.78 is 29.1. The molecule has 1 rings (SSSR count). The third kappa shape index (κ3) is 3.46. The maximum atomic E-state index is 12.2. The highest BCUT2D eigenvalue weighted by Crippen LogP contribution is 2.15. The third-order valence-electron chi connectivity index (χ3n) is 1.80. The molecule has 0 aliphatic carbocycles. The Hall–Kier alpha value is -1.14. The molecule has 0 spiro atoms. The summed E-state index contributed by atoms with van der Waals surface area (Å²) >= 11 is 5.46. The number of halogens is 3. The van der Waals surface area contributed by atoms with Crippen molar-refractivity contribution in [3.8, 4) is 0 Å². The van der Waals surface area contributed by atoms with Crippen LogP contribution >= 0.6 is 11.6 Å². The van der Waals surface area contributed by atoms with Gasteiger partial charge in [-0.05, 0) is 23.7 Å². The average molecular weight is 254 g/mol. The lowest BCUT2D eigenvalue weighted by Gasteiger charge is -2.19. The minimum atomic E-state index is -2.67. The Bertz CT molecular complexity index is 356. The molecule has 90 valence electrons. The highest BCUT2D eigenvalue weighted by atomic mass is 35.5. The summed E-state index contributed by atoms with van der Waals surface area (Å²) in [5.74, 6) is -0.847. The quantitative estimate of drug-likeness (QED) is 0.868. The fraction of sp³-hybridized carbons (Fsp3) is 0.444. The van der Waals surface area contributed by atoms with Crippen molar-refractivity contribution in [2.75, 3.05) is 19.7 Å². The van der Waals surface area contributed by atoms with Gasteiger partial charge in [0.05, 0.1) is 13.2 Å². The van der Waals surface area contributed by atoms with Crippen molar-refractivity contribution in [1.29, 1.82) is 0 Å². The van der Waals surface area contributed by atoms with E-state index in [4.69, 9.17) is 21.1 Å². The van der Waals surface area contributed by atoms with Crippen LogP contribution in [0.2, 0.25) is 5.22 Å². The maximum Gasteiger partial charge on any atom is 0.289 e. The minimum Gasteiger partial charge on any atom is -0.440 e. The minimum absolute atomic E-state index is 0.00402. The van der Waals surface area contributed by atoms with Crippen LogP contribution < -0.4 is 0 Å². The molecule has 1 heterocycles. The van der Waals surface area contributed by atoms with Crippen LogP contribution in [0.3, 0.4) is 0 Å². The molecule has 0 radical (unpaired) electrons. The van der Waals surface area contributed by atoms with E-state index in [9.17, 15) is 13.6 Å². The normalized spacial score (nSPS) is 10.8. The molecule has 1 aromatic rings. The first-order valence-electron chi connectivity index (χ1n) is 4.48. The molecule has 0 bridgehead atoms. The lowest BCUT2D eigenvalue weighted by Crippen LogP contribution is -2.37. The van der Waals surface area contributed by atoms with E-state index >= 15 is 0 Å². The lowest BCUT2D eigenvalue weighted by atomic mass is 10.3. The molecular formula is C9H10ClF2NO3. The molecule has 0 aromatic carbocycles. The van der Waals surface area contributed by atoms with Crippen LogP contribution in [0, 0.1) is 0 Å². The second-order valence-corrected chi connectivity index (χ2v) is 3.34. The molecule has 16 heavy (non-hydrogen) atoms. The summed E-state index contributed by atoms with van der Waals surface area (Å²) in [7, 11) is 0. The predicted molar refractivity (Wildman–Crippen MR) is 52.7 cm³/mol. The zero-order valence-electron chi connectivity index (χ0n) is 8.20. The Morgan fingerprint density at radius 1 is 1.56 bits per heavy atom. The molecule has 0 saturated heterocycles. The van der Waals surface area contributed by atoms with Gasteiger partial charge >= 0.3 is 0 Å². The van der Waals surface area contributed by atoms with Crippen LogP contribution in [-0.2, 0) is 0 Å². The van der Waals surface area contributed by atoms with Crippen molar-refractivity contribution in [2.45, 2.75) is 6.43 Å². The van der Waals surface area contributed by atoms with Crippen LogP contribution in [0.5, 0.6) is 0 Å². The summed E-state index contributed by atoms with van der Waals surface area (Å²) in [4.78, 5) is 12.4. The summed E-state index contributed by atoms with van der Waals surface area (Å²) in [6.45, 7) is -1.33. The van der Waals surface area contributed by atoms with Gasteiger partial charge in [0.25, 0.3) is 12.3 Å². The number of carbonyl (C=O) groups is 1. The number of carbonyl (C=O) groups excluding carboxylic acids is 1. The fourth-order valence-electron chi connectivity index (χ4n) is 1.15. The number of hydrogen-bond donors (Lipinski definition) is 1. The average Bonchev–Trinajstić information content (AvgIpc) is 2.62. The van der Waals surface area contributed by atoms with Crippen LogP contribution in [-0.4, -0.2) is 42.0 Å². The van der Waals surface area contributed by atoms with Gasteiger partial charge in [-0.3, -0.25) is 4.79 Å². The number of aliphatic hydroxyl groups excluding tert-OH is 1. The van der Waals surface area contributed by atoms with Crippen molar-refractivity contribution >= 4 is 17.5 Å². The highest BCUT2D eigenvalue weighted by Gasteiger charge is 2.21. The van der Waals surface area contributed by atoms with Crippen molar-refractivity contribution in [2.24, 2.45) is 0 Å². The van der Waals surface area contributed by atoms with Gasteiger partial charge in [0, 0.05) is 6.54 Å². The molecule has 1 amide bonds. The highest BCUT2D eigenvalue weighted by molar-refractivity contribution is 6.29. The van der Waals surface area contributed by atoms with Gasteiger partial charge in [0.2, 0.25) is 0 Å². The number of rotatable bonds is 5. The van der Waals surface area contributed by atoms with Gasteiger partial charge in [-0.15, -0.1) is 0 Å². The first kappa shape index (κ1) is 12.9. The Balaban J connectivity index is 2.74. The summed E-state index contributed by atoms with van der Waals surface area (Å²) in [6.07, 6.45) is -2.67. The second kappa shape index (κ2) is 5.81. The summed E-state index contributed by atoms with van der Waals surface area (Å²) in [5, 5.41) is 8.66. The SMILES string of the molecule is O=C(c1ccc(Cl)o1)N(CCO)CC(F)F.